The predicted octanol–water partition coefficient (Wildman–Crippen LogP) is 1.55. The Balaban J connectivity index is 2.06. The maximum Gasteiger partial charge on any atom is 0.308 e. The number of esters is 1. The summed E-state index contributed by atoms with van der Waals surface area (Å²) in [5, 5.41) is 13.8. The van der Waals surface area contributed by atoms with Crippen LogP contribution in [0.2, 0.25) is 0 Å². The van der Waals surface area contributed by atoms with Crippen molar-refractivity contribution in [2.45, 2.75) is 19.8 Å². The van der Waals surface area contributed by atoms with Gasteiger partial charge < -0.3 is 20.0 Å². The van der Waals surface area contributed by atoms with Crippen LogP contribution in [0.1, 0.15) is 29.3 Å². The number of anilines is 1. The van der Waals surface area contributed by atoms with Crippen molar-refractivity contribution in [3.05, 3.63) is 59.7 Å². The van der Waals surface area contributed by atoms with Crippen molar-refractivity contribution in [1.82, 2.24) is 0 Å². The van der Waals surface area contributed by atoms with Gasteiger partial charge in [0.25, 0.3) is 0 Å². The number of benzene rings is 2. The maximum atomic E-state index is 12.0. The van der Waals surface area contributed by atoms with Gasteiger partial charge in [-0.1, -0.05) is 30.3 Å². The smallest absolute Gasteiger partial charge is 0.308 e. The topological polar surface area (TPSA) is 95.5 Å². The van der Waals surface area contributed by atoms with E-state index in [2.05, 4.69) is 5.32 Å². The van der Waals surface area contributed by atoms with E-state index in [4.69, 9.17) is 4.74 Å². The molecule has 0 aliphatic rings. The lowest BCUT2D eigenvalue weighted by atomic mass is 10.1. The highest BCUT2D eigenvalue weighted by atomic mass is 16.5. The zero-order chi connectivity index (χ0) is 17.5. The summed E-state index contributed by atoms with van der Waals surface area (Å²) in [6, 6.07) is 13.4. The summed E-state index contributed by atoms with van der Waals surface area (Å²) in [5.74, 6) is -2.29. The molecule has 124 valence electrons. The van der Waals surface area contributed by atoms with Gasteiger partial charge in [0.1, 0.15) is 5.75 Å². The maximum absolute atomic E-state index is 12.0. The van der Waals surface area contributed by atoms with Crippen LogP contribution < -0.4 is 15.2 Å². The summed E-state index contributed by atoms with van der Waals surface area (Å²) >= 11 is 0. The summed E-state index contributed by atoms with van der Waals surface area (Å²) in [6.45, 7) is 1.21. The van der Waals surface area contributed by atoms with Crippen molar-refractivity contribution in [3.63, 3.8) is 0 Å². The number of carbonyl (C=O) groups excluding carboxylic acids is 3. The average molecular weight is 326 g/mol. The van der Waals surface area contributed by atoms with Crippen LogP contribution in [0.3, 0.4) is 0 Å². The number of ether oxygens (including phenoxy) is 1. The highest BCUT2D eigenvalue weighted by Gasteiger charge is 2.10. The van der Waals surface area contributed by atoms with E-state index in [1.807, 2.05) is 30.3 Å². The summed E-state index contributed by atoms with van der Waals surface area (Å²) in [4.78, 5) is 34.2. The van der Waals surface area contributed by atoms with Crippen LogP contribution in [-0.2, 0) is 16.0 Å². The van der Waals surface area contributed by atoms with Gasteiger partial charge in [-0.25, -0.2) is 0 Å². The second kappa shape index (κ2) is 7.92. The van der Waals surface area contributed by atoms with Crippen LogP contribution >= 0.6 is 0 Å². The van der Waals surface area contributed by atoms with Crippen LogP contribution in [0.5, 0.6) is 5.75 Å². The number of nitrogens with one attached hydrogen (secondary N) is 1. The molecular weight excluding hydrogens is 310 g/mol. The molecule has 1 N–H and O–H groups in total. The molecule has 0 aliphatic carbocycles. The molecule has 0 bridgehead atoms. The van der Waals surface area contributed by atoms with E-state index in [-0.39, 0.29) is 29.3 Å². The van der Waals surface area contributed by atoms with E-state index in [0.717, 1.165) is 11.6 Å². The third-order valence-electron chi connectivity index (χ3n) is 3.23. The van der Waals surface area contributed by atoms with E-state index in [0.29, 0.717) is 6.42 Å². The Morgan fingerprint density at radius 1 is 1.08 bits per heavy atom. The molecule has 0 heterocycles. The van der Waals surface area contributed by atoms with Gasteiger partial charge in [0.05, 0.1) is 11.7 Å². The number of hydrogen-bond donors (Lipinski definition) is 1. The van der Waals surface area contributed by atoms with Crippen molar-refractivity contribution >= 4 is 23.5 Å². The molecule has 0 atom stereocenters. The minimum absolute atomic E-state index is 0.0731. The molecule has 2 aromatic carbocycles. The lowest BCUT2D eigenvalue weighted by molar-refractivity contribution is -0.254. The third-order valence-corrected chi connectivity index (χ3v) is 3.23. The van der Waals surface area contributed by atoms with Gasteiger partial charge in [-0.15, -0.1) is 0 Å². The van der Waals surface area contributed by atoms with Gasteiger partial charge in [0, 0.05) is 18.9 Å². The molecule has 0 aromatic heterocycles. The summed E-state index contributed by atoms with van der Waals surface area (Å²) < 4.78 is 4.83. The number of aryl methyl sites for hydroxylation is 1. The Bertz CT molecular complexity index is 755. The van der Waals surface area contributed by atoms with Gasteiger partial charge in [-0.2, -0.15) is 0 Å². The molecule has 6 nitrogen and oxygen atoms in total. The van der Waals surface area contributed by atoms with E-state index in [9.17, 15) is 19.5 Å². The number of carbonyl (C=O) groups is 3. The quantitative estimate of drug-likeness (QED) is 0.642. The fourth-order valence-corrected chi connectivity index (χ4v) is 2.15. The second-order valence-electron chi connectivity index (χ2n) is 5.12. The number of aromatic carboxylic acids is 1. The fraction of sp³-hybridized carbons (Fsp3) is 0.167. The molecule has 1 amide bonds. The second-order valence-corrected chi connectivity index (χ2v) is 5.12. The van der Waals surface area contributed by atoms with Crippen molar-refractivity contribution in [2.75, 3.05) is 5.32 Å². The van der Waals surface area contributed by atoms with Gasteiger partial charge >= 0.3 is 5.97 Å². The number of carboxylic acid groups (broad SMARTS) is 1. The Kier molecular flexibility index (Phi) is 5.68. The molecule has 2 rings (SSSR count). The minimum Gasteiger partial charge on any atom is -0.545 e. The molecule has 24 heavy (non-hydrogen) atoms. The Labute approximate surface area is 139 Å². The largest absolute Gasteiger partial charge is 0.545 e. The highest BCUT2D eigenvalue weighted by molar-refractivity contribution is 6.00. The van der Waals surface area contributed by atoms with Crippen LogP contribution in [0.4, 0.5) is 5.69 Å². The number of rotatable bonds is 6. The third kappa shape index (κ3) is 4.95. The Morgan fingerprint density at radius 3 is 2.42 bits per heavy atom. The highest BCUT2D eigenvalue weighted by Crippen LogP contribution is 2.22. The van der Waals surface area contributed by atoms with Crippen molar-refractivity contribution in [1.29, 1.82) is 0 Å². The first kappa shape index (κ1) is 17.2. The average Bonchev–Trinajstić information content (AvgIpc) is 2.54. The molecule has 0 unspecified atom stereocenters. The molecule has 6 heteroatoms. The molecular formula is C18H16NO5-. The molecule has 0 aliphatic heterocycles. The molecule has 2 aromatic rings. The minimum atomic E-state index is -1.47. The van der Waals surface area contributed by atoms with Gasteiger partial charge in [-0.3, -0.25) is 9.59 Å². The molecule has 0 spiro atoms. The first-order valence-corrected chi connectivity index (χ1v) is 7.33. The standard InChI is InChI=1S/C18H17NO5/c1-12(20)24-14-8-9-16(15(11-14)18(22)23)19-17(21)10-7-13-5-3-2-4-6-13/h2-6,8-9,11H,7,10H2,1H3,(H,19,21)(H,22,23)/p-1. The summed E-state index contributed by atoms with van der Waals surface area (Å²) in [6.07, 6.45) is 0.751. The van der Waals surface area contributed by atoms with Gasteiger partial charge in [0.2, 0.25) is 5.91 Å². The Morgan fingerprint density at radius 2 is 1.79 bits per heavy atom. The van der Waals surface area contributed by atoms with E-state index >= 15 is 0 Å². The Hall–Kier alpha value is -3.15. The fourth-order valence-electron chi connectivity index (χ4n) is 2.15. The predicted molar refractivity (Wildman–Crippen MR) is 85.5 cm³/mol. The lowest BCUT2D eigenvalue weighted by Crippen LogP contribution is -2.25. The van der Waals surface area contributed by atoms with E-state index in [1.54, 1.807) is 0 Å². The molecule has 0 saturated carbocycles. The first-order valence-electron chi connectivity index (χ1n) is 7.33. The zero-order valence-electron chi connectivity index (χ0n) is 13.1. The molecule has 0 fully saturated rings. The van der Waals surface area contributed by atoms with Gasteiger partial charge in [0.15, 0.2) is 0 Å². The monoisotopic (exact) mass is 326 g/mol. The number of amides is 1. The molecule has 0 radical (unpaired) electrons. The van der Waals surface area contributed by atoms with Crippen LogP contribution in [-0.4, -0.2) is 17.8 Å². The van der Waals surface area contributed by atoms with E-state index < -0.39 is 11.9 Å². The van der Waals surface area contributed by atoms with Crippen LogP contribution in [0.15, 0.2) is 48.5 Å². The van der Waals surface area contributed by atoms with Crippen LogP contribution in [0, 0.1) is 0 Å². The van der Waals surface area contributed by atoms with E-state index in [1.165, 1.54) is 19.1 Å². The normalized spacial score (nSPS) is 10.0. The van der Waals surface area contributed by atoms with Crippen molar-refractivity contribution in [2.24, 2.45) is 0 Å². The lowest BCUT2D eigenvalue weighted by Gasteiger charge is -2.13. The summed E-state index contributed by atoms with van der Waals surface area (Å²) in [5.41, 5.74) is 0.865. The zero-order valence-corrected chi connectivity index (χ0v) is 13.1. The number of hydrogen-bond acceptors (Lipinski definition) is 5. The van der Waals surface area contributed by atoms with Crippen molar-refractivity contribution < 1.29 is 24.2 Å². The van der Waals surface area contributed by atoms with Gasteiger partial charge in [-0.05, 0) is 30.2 Å². The molecule has 0 saturated heterocycles. The SMILES string of the molecule is CC(=O)Oc1ccc(NC(=O)CCc2ccccc2)c(C(=O)[O-])c1. The van der Waals surface area contributed by atoms with Crippen molar-refractivity contribution in [3.8, 4) is 5.75 Å². The number of carboxylic acids is 1. The first-order chi connectivity index (χ1) is 11.5. The van der Waals surface area contributed by atoms with Crippen LogP contribution in [0.25, 0.3) is 0 Å². The summed E-state index contributed by atoms with van der Waals surface area (Å²) in [7, 11) is 0.